The first-order valence-corrected chi connectivity index (χ1v) is 7.95. The van der Waals surface area contributed by atoms with E-state index in [-0.39, 0.29) is 18.5 Å². The molecule has 1 unspecified atom stereocenters. The fourth-order valence-corrected chi connectivity index (χ4v) is 2.81. The number of dihydropyridines is 1. The molecule has 1 heterocycles. The molecule has 1 N–H and O–H groups in total. The van der Waals surface area contributed by atoms with E-state index < -0.39 is 11.9 Å². The number of benzene rings is 1. The van der Waals surface area contributed by atoms with Crippen molar-refractivity contribution in [2.45, 2.75) is 32.8 Å². The fourth-order valence-electron chi connectivity index (χ4n) is 2.81. The summed E-state index contributed by atoms with van der Waals surface area (Å²) in [5.74, 6) is -1.54. The van der Waals surface area contributed by atoms with Gasteiger partial charge in [-0.05, 0) is 38.5 Å². The summed E-state index contributed by atoms with van der Waals surface area (Å²) in [5.41, 5.74) is 2.51. The fraction of sp³-hybridized carbons (Fsp3) is 0.368. The zero-order valence-electron chi connectivity index (χ0n) is 14.7. The Kier molecular flexibility index (Phi) is 5.94. The third-order valence-corrected chi connectivity index (χ3v) is 3.82. The van der Waals surface area contributed by atoms with Crippen molar-refractivity contribution in [1.82, 2.24) is 5.32 Å². The predicted molar refractivity (Wildman–Crippen MR) is 90.7 cm³/mol. The number of methoxy groups -OCH3 is 1. The van der Waals surface area contributed by atoms with Crippen LogP contribution in [0.4, 0.5) is 4.39 Å². The smallest absolute Gasteiger partial charge is 0.337 e. The molecule has 1 aliphatic rings. The van der Waals surface area contributed by atoms with Crippen molar-refractivity contribution in [3.63, 3.8) is 0 Å². The number of nitrogens with zero attached hydrogens (tertiary/aromatic N) is 1. The topological polar surface area (TPSA) is 71.3 Å². The molecular formula is C19H21FN2O3. The van der Waals surface area contributed by atoms with E-state index in [1.54, 1.807) is 32.9 Å². The molecule has 2 rings (SSSR count). The molecule has 0 bridgehead atoms. The van der Waals surface area contributed by atoms with Gasteiger partial charge in [0.2, 0.25) is 0 Å². The highest BCUT2D eigenvalue weighted by Gasteiger charge is 2.35. The number of nitrogens with one attached hydrogen (secondary N) is 1. The lowest BCUT2D eigenvalue weighted by Gasteiger charge is -2.30. The molecule has 0 saturated heterocycles. The summed E-state index contributed by atoms with van der Waals surface area (Å²) in [6.45, 7) is 5.43. The van der Waals surface area contributed by atoms with E-state index in [1.165, 1.54) is 19.2 Å². The normalized spacial score (nSPS) is 17.4. The Hall–Kier alpha value is -2.65. The molecule has 0 aliphatic carbocycles. The van der Waals surface area contributed by atoms with E-state index in [0.717, 1.165) is 0 Å². The van der Waals surface area contributed by atoms with Crippen LogP contribution in [0.2, 0.25) is 0 Å². The van der Waals surface area contributed by atoms with Crippen molar-refractivity contribution in [1.29, 1.82) is 5.26 Å². The Morgan fingerprint density at radius 2 is 2.00 bits per heavy atom. The van der Waals surface area contributed by atoms with Gasteiger partial charge in [-0.1, -0.05) is 12.1 Å². The second kappa shape index (κ2) is 7.95. The van der Waals surface area contributed by atoms with E-state index in [2.05, 4.69) is 11.4 Å². The molecular weight excluding hydrogens is 323 g/mol. The molecule has 6 heteroatoms. The average Bonchev–Trinajstić information content (AvgIpc) is 2.54. The molecule has 25 heavy (non-hydrogen) atoms. The molecule has 1 aromatic carbocycles. The number of halogens is 1. The van der Waals surface area contributed by atoms with Crippen LogP contribution < -0.4 is 5.32 Å². The third-order valence-electron chi connectivity index (χ3n) is 3.82. The summed E-state index contributed by atoms with van der Waals surface area (Å²) >= 11 is 0. The Morgan fingerprint density at radius 1 is 1.36 bits per heavy atom. The quantitative estimate of drug-likeness (QED) is 0.831. The zero-order chi connectivity index (χ0) is 18.6. The average molecular weight is 344 g/mol. The number of ether oxygens (including phenoxy) is 2. The van der Waals surface area contributed by atoms with Crippen LogP contribution in [0.25, 0.3) is 0 Å². The van der Waals surface area contributed by atoms with Crippen molar-refractivity contribution in [3.05, 3.63) is 58.2 Å². The summed E-state index contributed by atoms with van der Waals surface area (Å²) in [6, 6.07) is 7.92. The Balaban J connectivity index is 2.63. The maximum absolute atomic E-state index is 13.3. The molecule has 0 spiro atoms. The lowest BCUT2D eigenvalue weighted by molar-refractivity contribution is -0.143. The maximum atomic E-state index is 13.3. The van der Waals surface area contributed by atoms with E-state index in [0.29, 0.717) is 28.1 Å². The van der Waals surface area contributed by atoms with E-state index >= 15 is 0 Å². The highest BCUT2D eigenvalue weighted by atomic mass is 19.1. The number of nitriles is 1. The zero-order valence-corrected chi connectivity index (χ0v) is 14.7. The maximum Gasteiger partial charge on any atom is 0.337 e. The predicted octanol–water partition coefficient (Wildman–Crippen LogP) is 3.16. The lowest BCUT2D eigenvalue weighted by atomic mass is 9.81. The largest absolute Gasteiger partial charge is 0.460 e. The summed E-state index contributed by atoms with van der Waals surface area (Å²) in [5, 5.41) is 12.7. The van der Waals surface area contributed by atoms with Crippen LogP contribution in [0.5, 0.6) is 0 Å². The standard InChI is InChI=1S/C19H21FN2O3/c1-11(2)25-19(23)18-16(10-24-4)22-12(3)15(9-21)17(18)13-5-7-14(20)8-6-13/h5-8,11,17,22H,10H2,1-4H3. The minimum atomic E-state index is -0.636. The van der Waals surface area contributed by atoms with Crippen LogP contribution in [0.15, 0.2) is 46.8 Å². The number of carbonyl (C=O) groups is 1. The molecule has 0 amide bonds. The first-order valence-electron chi connectivity index (χ1n) is 7.95. The van der Waals surface area contributed by atoms with Gasteiger partial charge in [-0.15, -0.1) is 0 Å². The second-order valence-electron chi connectivity index (χ2n) is 6.04. The molecule has 0 fully saturated rings. The summed E-state index contributed by atoms with van der Waals surface area (Å²) in [4.78, 5) is 12.7. The number of hydrogen-bond donors (Lipinski definition) is 1. The van der Waals surface area contributed by atoms with Gasteiger partial charge < -0.3 is 14.8 Å². The molecule has 132 valence electrons. The molecule has 0 aromatic heterocycles. The lowest BCUT2D eigenvalue weighted by Crippen LogP contribution is -2.32. The van der Waals surface area contributed by atoms with Gasteiger partial charge in [0.15, 0.2) is 0 Å². The van der Waals surface area contributed by atoms with Crippen molar-refractivity contribution in [2.75, 3.05) is 13.7 Å². The highest BCUT2D eigenvalue weighted by Crippen LogP contribution is 2.38. The van der Waals surface area contributed by atoms with Crippen LogP contribution >= 0.6 is 0 Å². The van der Waals surface area contributed by atoms with Gasteiger partial charge in [-0.3, -0.25) is 0 Å². The first-order chi connectivity index (χ1) is 11.9. The number of carbonyl (C=O) groups excluding carboxylic acids is 1. The number of rotatable bonds is 5. The van der Waals surface area contributed by atoms with Crippen LogP contribution in [-0.2, 0) is 14.3 Å². The van der Waals surface area contributed by atoms with Gasteiger partial charge in [0.05, 0.1) is 41.5 Å². The number of allylic oxidation sites excluding steroid dienone is 2. The molecule has 5 nitrogen and oxygen atoms in total. The number of hydrogen-bond acceptors (Lipinski definition) is 5. The second-order valence-corrected chi connectivity index (χ2v) is 6.04. The van der Waals surface area contributed by atoms with Gasteiger partial charge in [-0.25, -0.2) is 9.18 Å². The van der Waals surface area contributed by atoms with Crippen molar-refractivity contribution in [2.24, 2.45) is 0 Å². The van der Waals surface area contributed by atoms with Gasteiger partial charge in [-0.2, -0.15) is 5.26 Å². The molecule has 0 radical (unpaired) electrons. The number of esters is 1. The highest BCUT2D eigenvalue weighted by molar-refractivity contribution is 5.93. The molecule has 1 aromatic rings. The van der Waals surface area contributed by atoms with Gasteiger partial charge >= 0.3 is 5.97 Å². The first kappa shape index (κ1) is 18.7. The van der Waals surface area contributed by atoms with Crippen molar-refractivity contribution < 1.29 is 18.7 Å². The SMILES string of the molecule is COCC1=C(C(=O)OC(C)C)C(c2ccc(F)cc2)C(C#N)=C(C)N1. The third kappa shape index (κ3) is 4.06. The summed E-state index contributed by atoms with van der Waals surface area (Å²) in [7, 11) is 1.52. The van der Waals surface area contributed by atoms with Crippen LogP contribution in [-0.4, -0.2) is 25.8 Å². The molecule has 0 saturated carbocycles. The minimum Gasteiger partial charge on any atom is -0.460 e. The van der Waals surface area contributed by atoms with Gasteiger partial charge in [0.25, 0.3) is 0 Å². The Labute approximate surface area is 146 Å². The van der Waals surface area contributed by atoms with Gasteiger partial charge in [0.1, 0.15) is 5.82 Å². The Morgan fingerprint density at radius 3 is 2.52 bits per heavy atom. The van der Waals surface area contributed by atoms with Crippen LogP contribution in [0.3, 0.4) is 0 Å². The monoisotopic (exact) mass is 344 g/mol. The Bertz CT molecular complexity index is 758. The molecule has 1 atom stereocenters. The van der Waals surface area contributed by atoms with E-state index in [1.807, 2.05) is 0 Å². The minimum absolute atomic E-state index is 0.163. The molecule has 1 aliphatic heterocycles. The van der Waals surface area contributed by atoms with E-state index in [4.69, 9.17) is 9.47 Å². The van der Waals surface area contributed by atoms with Gasteiger partial charge in [0, 0.05) is 12.8 Å². The van der Waals surface area contributed by atoms with Crippen molar-refractivity contribution >= 4 is 5.97 Å². The summed E-state index contributed by atoms with van der Waals surface area (Å²) < 4.78 is 23.9. The van der Waals surface area contributed by atoms with Crippen LogP contribution in [0, 0.1) is 17.1 Å². The van der Waals surface area contributed by atoms with Crippen LogP contribution in [0.1, 0.15) is 32.3 Å². The van der Waals surface area contributed by atoms with Crippen molar-refractivity contribution in [3.8, 4) is 6.07 Å². The summed E-state index contributed by atoms with van der Waals surface area (Å²) in [6.07, 6.45) is -0.310. The van der Waals surface area contributed by atoms with E-state index in [9.17, 15) is 14.4 Å².